The van der Waals surface area contributed by atoms with Gasteiger partial charge in [0.2, 0.25) is 0 Å². The van der Waals surface area contributed by atoms with Crippen LogP contribution in [0.1, 0.15) is 22.8 Å². The average Bonchev–Trinajstić information content (AvgIpc) is 2.28. The van der Waals surface area contributed by atoms with Crippen LogP contribution in [0.5, 0.6) is 5.75 Å². The molecule has 4 nitrogen and oxygen atoms in total. The Bertz CT molecular complexity index is 644. The number of carbonyl (C=O) groups is 2. The van der Waals surface area contributed by atoms with Crippen LogP contribution in [0.2, 0.25) is 0 Å². The Morgan fingerprint density at radius 2 is 1.83 bits per heavy atom. The van der Waals surface area contributed by atoms with Crippen LogP contribution in [0, 0.1) is 6.92 Å². The summed E-state index contributed by atoms with van der Waals surface area (Å²) in [6.07, 6.45) is 0. The van der Waals surface area contributed by atoms with Gasteiger partial charge in [0.25, 0.3) is 0 Å². The molecule has 2 aromatic rings. The minimum absolute atomic E-state index is 0.238. The zero-order valence-corrected chi connectivity index (χ0v) is 10.1. The van der Waals surface area contributed by atoms with Gasteiger partial charge in [0, 0.05) is 6.92 Å². The Kier molecular flexibility index (Phi) is 3.02. The number of benzene rings is 2. The maximum Gasteiger partial charge on any atom is 0.335 e. The minimum atomic E-state index is -0.960. The molecule has 92 valence electrons. The summed E-state index contributed by atoms with van der Waals surface area (Å²) in [4.78, 5) is 21.8. The van der Waals surface area contributed by atoms with Gasteiger partial charge in [-0.15, -0.1) is 0 Å². The molecule has 0 atom stereocenters. The molecule has 4 heteroatoms. The molecule has 0 bridgehead atoms. The summed E-state index contributed by atoms with van der Waals surface area (Å²) in [6, 6.07) is 8.36. The van der Waals surface area contributed by atoms with Crippen LogP contribution in [-0.4, -0.2) is 17.0 Å². The third-order valence-corrected chi connectivity index (χ3v) is 2.63. The summed E-state index contributed by atoms with van der Waals surface area (Å²) in [5.74, 6) is -0.837. The molecule has 0 aliphatic carbocycles. The molecule has 0 aromatic heterocycles. The molecule has 0 unspecified atom stereocenters. The molecule has 0 aliphatic heterocycles. The number of fused-ring (bicyclic) bond motifs is 1. The molecule has 2 aromatic carbocycles. The summed E-state index contributed by atoms with van der Waals surface area (Å²) in [5.41, 5.74) is 1.03. The van der Waals surface area contributed by atoms with Crippen molar-refractivity contribution < 1.29 is 19.4 Å². The van der Waals surface area contributed by atoms with Gasteiger partial charge in [-0.3, -0.25) is 4.79 Å². The molecule has 0 spiro atoms. The molecule has 18 heavy (non-hydrogen) atoms. The number of ether oxygens (including phenoxy) is 1. The van der Waals surface area contributed by atoms with Gasteiger partial charge in [0.15, 0.2) is 0 Å². The number of carbonyl (C=O) groups excluding carboxylic acids is 1. The number of carboxylic acid groups (broad SMARTS) is 1. The molecule has 0 amide bonds. The van der Waals surface area contributed by atoms with Gasteiger partial charge in [-0.05, 0) is 47.5 Å². The fraction of sp³-hybridized carbons (Fsp3) is 0.143. The largest absolute Gasteiger partial charge is 0.478 e. The Morgan fingerprint density at radius 1 is 1.11 bits per heavy atom. The lowest BCUT2D eigenvalue weighted by Gasteiger charge is -2.08. The van der Waals surface area contributed by atoms with Crippen LogP contribution < -0.4 is 4.74 Å². The highest BCUT2D eigenvalue weighted by Crippen LogP contribution is 2.26. The predicted octanol–water partition coefficient (Wildman–Crippen LogP) is 2.77. The summed E-state index contributed by atoms with van der Waals surface area (Å²) >= 11 is 0. The van der Waals surface area contributed by atoms with Crippen LogP contribution in [0.15, 0.2) is 30.3 Å². The van der Waals surface area contributed by atoms with Crippen LogP contribution in [-0.2, 0) is 4.79 Å². The van der Waals surface area contributed by atoms with E-state index in [-0.39, 0.29) is 11.5 Å². The van der Waals surface area contributed by atoms with E-state index in [1.165, 1.54) is 13.0 Å². The van der Waals surface area contributed by atoms with Gasteiger partial charge in [-0.2, -0.15) is 0 Å². The van der Waals surface area contributed by atoms with Crippen molar-refractivity contribution >= 4 is 22.7 Å². The van der Waals surface area contributed by atoms with Gasteiger partial charge < -0.3 is 9.84 Å². The van der Waals surface area contributed by atoms with Crippen molar-refractivity contribution in [1.29, 1.82) is 0 Å². The second-order valence-corrected chi connectivity index (χ2v) is 4.08. The van der Waals surface area contributed by atoms with Crippen molar-refractivity contribution in [1.82, 2.24) is 0 Å². The van der Waals surface area contributed by atoms with Crippen LogP contribution in [0.25, 0.3) is 10.8 Å². The lowest BCUT2D eigenvalue weighted by molar-refractivity contribution is -0.131. The standard InChI is InChI=1S/C14H12O4/c1-8-5-12-6-11(14(16)17)4-3-10(12)7-13(8)18-9(2)15/h3-7H,1-2H3,(H,16,17). The summed E-state index contributed by atoms with van der Waals surface area (Å²) in [5, 5.41) is 10.6. The number of hydrogen-bond acceptors (Lipinski definition) is 3. The van der Waals surface area contributed by atoms with Gasteiger partial charge in [0.05, 0.1) is 5.56 Å². The maximum absolute atomic E-state index is 10.9. The van der Waals surface area contributed by atoms with E-state index in [2.05, 4.69) is 0 Å². The first kappa shape index (κ1) is 12.1. The van der Waals surface area contributed by atoms with E-state index in [1.807, 2.05) is 6.92 Å². The summed E-state index contributed by atoms with van der Waals surface area (Å²) in [7, 11) is 0. The average molecular weight is 244 g/mol. The van der Waals surface area contributed by atoms with Crippen molar-refractivity contribution in [2.45, 2.75) is 13.8 Å². The molecule has 0 aliphatic rings. The highest BCUT2D eigenvalue weighted by atomic mass is 16.5. The van der Waals surface area contributed by atoms with Crippen LogP contribution >= 0.6 is 0 Å². The summed E-state index contributed by atoms with van der Waals surface area (Å²) < 4.78 is 5.08. The lowest BCUT2D eigenvalue weighted by atomic mass is 10.0. The smallest absolute Gasteiger partial charge is 0.335 e. The van der Waals surface area contributed by atoms with Crippen molar-refractivity contribution in [3.63, 3.8) is 0 Å². The van der Waals surface area contributed by atoms with Crippen molar-refractivity contribution in [2.24, 2.45) is 0 Å². The fourth-order valence-electron chi connectivity index (χ4n) is 1.79. The van der Waals surface area contributed by atoms with Crippen LogP contribution in [0.4, 0.5) is 0 Å². The van der Waals surface area contributed by atoms with E-state index in [1.54, 1.807) is 24.3 Å². The second-order valence-electron chi connectivity index (χ2n) is 4.08. The third kappa shape index (κ3) is 2.32. The van der Waals surface area contributed by atoms with Gasteiger partial charge >= 0.3 is 11.9 Å². The molecule has 0 heterocycles. The fourth-order valence-corrected chi connectivity index (χ4v) is 1.79. The van der Waals surface area contributed by atoms with Gasteiger partial charge in [0.1, 0.15) is 5.75 Å². The number of rotatable bonds is 2. The van der Waals surface area contributed by atoms with E-state index in [9.17, 15) is 9.59 Å². The summed E-state index contributed by atoms with van der Waals surface area (Å²) in [6.45, 7) is 3.16. The quantitative estimate of drug-likeness (QED) is 0.651. The SMILES string of the molecule is CC(=O)Oc1cc2ccc(C(=O)O)cc2cc1C. The van der Waals surface area contributed by atoms with Crippen molar-refractivity contribution in [3.8, 4) is 5.75 Å². The van der Waals surface area contributed by atoms with E-state index in [0.29, 0.717) is 5.75 Å². The Labute approximate surface area is 104 Å². The molecular weight excluding hydrogens is 232 g/mol. The number of aryl methyl sites for hydroxylation is 1. The van der Waals surface area contributed by atoms with E-state index >= 15 is 0 Å². The normalized spacial score (nSPS) is 10.3. The van der Waals surface area contributed by atoms with Crippen molar-refractivity contribution in [3.05, 3.63) is 41.5 Å². The monoisotopic (exact) mass is 244 g/mol. The highest BCUT2D eigenvalue weighted by molar-refractivity contribution is 5.95. The Hall–Kier alpha value is -2.36. The maximum atomic E-state index is 10.9. The van der Waals surface area contributed by atoms with Crippen molar-refractivity contribution in [2.75, 3.05) is 0 Å². The van der Waals surface area contributed by atoms with Gasteiger partial charge in [-0.25, -0.2) is 4.79 Å². The minimum Gasteiger partial charge on any atom is -0.478 e. The highest BCUT2D eigenvalue weighted by Gasteiger charge is 2.08. The molecule has 2 rings (SSSR count). The molecular formula is C14H12O4. The molecule has 1 N–H and O–H groups in total. The number of esters is 1. The third-order valence-electron chi connectivity index (χ3n) is 2.63. The van der Waals surface area contributed by atoms with E-state index < -0.39 is 5.97 Å². The Morgan fingerprint density at radius 3 is 2.44 bits per heavy atom. The first-order valence-electron chi connectivity index (χ1n) is 5.43. The zero-order chi connectivity index (χ0) is 13.3. The number of aromatic carboxylic acids is 1. The topological polar surface area (TPSA) is 63.6 Å². The van der Waals surface area contributed by atoms with Crippen LogP contribution in [0.3, 0.4) is 0 Å². The first-order valence-corrected chi connectivity index (χ1v) is 5.43. The molecule has 0 saturated heterocycles. The molecule has 0 fully saturated rings. The predicted molar refractivity (Wildman–Crippen MR) is 67.0 cm³/mol. The Balaban J connectivity index is 2.56. The van der Waals surface area contributed by atoms with Gasteiger partial charge in [-0.1, -0.05) is 6.07 Å². The molecule has 0 saturated carbocycles. The second kappa shape index (κ2) is 4.49. The zero-order valence-electron chi connectivity index (χ0n) is 10.1. The number of hydrogen-bond donors (Lipinski definition) is 1. The lowest BCUT2D eigenvalue weighted by Crippen LogP contribution is -2.03. The first-order chi connectivity index (χ1) is 8.47. The van der Waals surface area contributed by atoms with E-state index in [4.69, 9.17) is 9.84 Å². The number of carboxylic acids is 1. The van der Waals surface area contributed by atoms with E-state index in [0.717, 1.165) is 16.3 Å². The molecule has 0 radical (unpaired) electrons.